The number of pyridine rings is 1. The van der Waals surface area contributed by atoms with Gasteiger partial charge in [-0.3, -0.25) is 14.6 Å². The summed E-state index contributed by atoms with van der Waals surface area (Å²) in [5.41, 5.74) is 2.16. The molecule has 0 radical (unpaired) electrons. The van der Waals surface area contributed by atoms with Gasteiger partial charge in [0.05, 0.1) is 34.5 Å². The van der Waals surface area contributed by atoms with Gasteiger partial charge >= 0.3 is 6.09 Å². The van der Waals surface area contributed by atoms with Crippen LogP contribution in [0.4, 0.5) is 4.79 Å². The maximum atomic E-state index is 14.2. The summed E-state index contributed by atoms with van der Waals surface area (Å²) in [4.78, 5) is 52.6. The summed E-state index contributed by atoms with van der Waals surface area (Å²) in [6.07, 6.45) is 7.86. The largest absolute Gasteiger partial charge is 0.444 e. The lowest BCUT2D eigenvalue weighted by molar-refractivity contribution is 0.0480. The number of carbonyl (C=O) groups is 3. The quantitative estimate of drug-likeness (QED) is 0.192. The van der Waals surface area contributed by atoms with Crippen LogP contribution in [0.25, 0.3) is 23.1 Å². The number of fused-ring (bicyclic) bond motifs is 1. The van der Waals surface area contributed by atoms with Crippen LogP contribution in [0.5, 0.6) is 0 Å². The molecule has 11 nitrogen and oxygen atoms in total. The van der Waals surface area contributed by atoms with Crippen LogP contribution in [0.15, 0.2) is 89.2 Å². The molecular formula is C33H33N7O4S. The number of aromatic amines is 1. The van der Waals surface area contributed by atoms with Crippen LogP contribution in [-0.4, -0.2) is 61.3 Å². The van der Waals surface area contributed by atoms with Crippen molar-refractivity contribution in [2.24, 2.45) is 0 Å². The highest BCUT2D eigenvalue weighted by molar-refractivity contribution is 7.99. The van der Waals surface area contributed by atoms with Gasteiger partial charge in [0, 0.05) is 41.0 Å². The van der Waals surface area contributed by atoms with E-state index in [0.29, 0.717) is 22.5 Å². The van der Waals surface area contributed by atoms with E-state index >= 15 is 0 Å². The Morgan fingerprint density at radius 2 is 1.84 bits per heavy atom. The lowest BCUT2D eigenvalue weighted by atomic mass is 10.1. The molecule has 0 spiro atoms. The minimum Gasteiger partial charge on any atom is -0.444 e. The molecule has 0 bridgehead atoms. The predicted octanol–water partition coefficient (Wildman–Crippen LogP) is 5.61. The standard InChI is InChI=1S/C33H33N7O4S/c1-33(2,3)44-32(43)38-27(17-22-19-35-20-37-22)31(42)40-28-18-23(45-29-11-6-5-10-25(29)30(41)34-4)13-14-24(28)26(39-40)15-12-21-9-7-8-16-36-21/h5-16,18-20,27H,17H2,1-4H3,(H,34,41)(H,35,37)(H,38,43)/b15-12+/t27-/m0/s1. The number of alkyl carbamates (subject to hydrolysis) is 1. The normalized spacial score (nSPS) is 12.3. The summed E-state index contributed by atoms with van der Waals surface area (Å²) in [6, 6.07) is 17.5. The van der Waals surface area contributed by atoms with Gasteiger partial charge < -0.3 is 20.4 Å². The van der Waals surface area contributed by atoms with Gasteiger partial charge in [0.15, 0.2) is 0 Å². The fourth-order valence-electron chi connectivity index (χ4n) is 4.53. The Hall–Kier alpha value is -5.23. The maximum absolute atomic E-state index is 14.2. The molecule has 0 fully saturated rings. The molecule has 0 unspecified atom stereocenters. The van der Waals surface area contributed by atoms with E-state index in [2.05, 4.69) is 25.6 Å². The zero-order valence-corrected chi connectivity index (χ0v) is 26.1. The fraction of sp³-hybridized carbons (Fsp3) is 0.212. The second-order valence-corrected chi connectivity index (χ2v) is 12.2. The number of amides is 2. The number of nitrogens with one attached hydrogen (secondary N) is 3. The second kappa shape index (κ2) is 13.6. The maximum Gasteiger partial charge on any atom is 0.408 e. The molecule has 0 saturated carbocycles. The van der Waals surface area contributed by atoms with E-state index in [1.54, 1.807) is 52.4 Å². The number of imidazole rings is 1. The first-order chi connectivity index (χ1) is 21.6. The van der Waals surface area contributed by atoms with Crippen LogP contribution in [-0.2, 0) is 11.2 Å². The molecular weight excluding hydrogens is 590 g/mol. The van der Waals surface area contributed by atoms with E-state index in [4.69, 9.17) is 9.84 Å². The molecule has 0 saturated heterocycles. The van der Waals surface area contributed by atoms with Crippen molar-refractivity contribution in [2.45, 2.75) is 48.6 Å². The number of carbonyl (C=O) groups excluding carboxylic acids is 3. The Kier molecular flexibility index (Phi) is 9.43. The number of ether oxygens (including phenoxy) is 1. The first-order valence-corrected chi connectivity index (χ1v) is 15.0. The van der Waals surface area contributed by atoms with Gasteiger partial charge in [-0.1, -0.05) is 30.0 Å². The van der Waals surface area contributed by atoms with E-state index in [0.717, 1.165) is 20.9 Å². The topological polar surface area (TPSA) is 144 Å². The van der Waals surface area contributed by atoms with Gasteiger partial charge in [0.25, 0.3) is 11.8 Å². The zero-order valence-electron chi connectivity index (χ0n) is 25.3. The third-order valence-corrected chi connectivity index (χ3v) is 7.60. The van der Waals surface area contributed by atoms with E-state index in [9.17, 15) is 14.4 Å². The lowest BCUT2D eigenvalue weighted by Gasteiger charge is -2.23. The molecule has 12 heteroatoms. The summed E-state index contributed by atoms with van der Waals surface area (Å²) >= 11 is 1.40. The Bertz CT molecular complexity index is 1840. The Balaban J connectivity index is 1.57. The molecule has 2 amide bonds. The lowest BCUT2D eigenvalue weighted by Crippen LogP contribution is -2.46. The summed E-state index contributed by atoms with van der Waals surface area (Å²) in [7, 11) is 1.59. The first kappa shape index (κ1) is 31.2. The van der Waals surface area contributed by atoms with Crippen molar-refractivity contribution in [1.82, 2.24) is 35.4 Å². The van der Waals surface area contributed by atoms with Crippen LogP contribution in [0.3, 0.4) is 0 Å². The summed E-state index contributed by atoms with van der Waals surface area (Å²) in [5, 5.41) is 10.8. The predicted molar refractivity (Wildman–Crippen MR) is 173 cm³/mol. The smallest absolute Gasteiger partial charge is 0.408 e. The van der Waals surface area contributed by atoms with Gasteiger partial charge in [0.2, 0.25) is 0 Å². The number of rotatable bonds is 9. The molecule has 3 aromatic heterocycles. The van der Waals surface area contributed by atoms with Gasteiger partial charge in [-0.25, -0.2) is 9.78 Å². The average molecular weight is 624 g/mol. The molecule has 0 aliphatic heterocycles. The molecule has 3 heterocycles. The van der Waals surface area contributed by atoms with Crippen molar-refractivity contribution >= 4 is 52.7 Å². The third-order valence-electron chi connectivity index (χ3n) is 6.53. The Morgan fingerprint density at radius 1 is 1.04 bits per heavy atom. The summed E-state index contributed by atoms with van der Waals surface area (Å²) < 4.78 is 6.77. The highest BCUT2D eigenvalue weighted by atomic mass is 32.2. The molecule has 0 aliphatic carbocycles. The van der Waals surface area contributed by atoms with Crippen molar-refractivity contribution in [3.05, 3.63) is 102 Å². The molecule has 1 atom stereocenters. The van der Waals surface area contributed by atoms with Crippen LogP contribution >= 0.6 is 11.8 Å². The SMILES string of the molecule is CNC(=O)c1ccccc1Sc1ccc2c(/C=C/c3ccccn3)nn(C(=O)[C@H](Cc3c[nH]cn3)NC(=O)OC(C)(C)C)c2c1. The van der Waals surface area contributed by atoms with Gasteiger partial charge in [-0.2, -0.15) is 9.78 Å². The minimum atomic E-state index is -1.04. The highest BCUT2D eigenvalue weighted by Gasteiger charge is 2.29. The molecule has 5 aromatic rings. The van der Waals surface area contributed by atoms with Crippen molar-refractivity contribution in [3.63, 3.8) is 0 Å². The highest BCUT2D eigenvalue weighted by Crippen LogP contribution is 2.34. The van der Waals surface area contributed by atoms with Crippen molar-refractivity contribution in [1.29, 1.82) is 0 Å². The van der Waals surface area contributed by atoms with Crippen LogP contribution in [0.2, 0.25) is 0 Å². The third kappa shape index (κ3) is 7.84. The van der Waals surface area contributed by atoms with Crippen LogP contribution in [0, 0.1) is 0 Å². The Labute approximate surface area is 264 Å². The van der Waals surface area contributed by atoms with E-state index in [1.807, 2.05) is 60.7 Å². The number of hydrogen-bond donors (Lipinski definition) is 3. The monoisotopic (exact) mass is 623 g/mol. The Morgan fingerprint density at radius 3 is 2.56 bits per heavy atom. The fourth-order valence-corrected chi connectivity index (χ4v) is 5.50. The number of benzene rings is 2. The zero-order chi connectivity index (χ0) is 32.0. The first-order valence-electron chi connectivity index (χ1n) is 14.2. The molecule has 2 aromatic carbocycles. The van der Waals surface area contributed by atoms with E-state index in [1.165, 1.54) is 22.8 Å². The van der Waals surface area contributed by atoms with Gasteiger partial charge in [-0.05, 0) is 75.4 Å². The number of H-pyrrole nitrogens is 1. The minimum absolute atomic E-state index is 0.107. The molecule has 5 rings (SSSR count). The van der Waals surface area contributed by atoms with Crippen molar-refractivity contribution in [2.75, 3.05) is 7.05 Å². The molecule has 230 valence electrons. The van der Waals surface area contributed by atoms with Gasteiger partial charge in [0.1, 0.15) is 11.6 Å². The van der Waals surface area contributed by atoms with Gasteiger partial charge in [-0.15, -0.1) is 0 Å². The molecule has 3 N–H and O–H groups in total. The number of nitrogens with zero attached hydrogens (tertiary/aromatic N) is 4. The number of hydrogen-bond acceptors (Lipinski definition) is 8. The van der Waals surface area contributed by atoms with Crippen molar-refractivity contribution < 1.29 is 19.1 Å². The second-order valence-electron chi connectivity index (χ2n) is 11.0. The van der Waals surface area contributed by atoms with E-state index < -0.39 is 23.6 Å². The summed E-state index contributed by atoms with van der Waals surface area (Å²) in [5.74, 6) is -0.671. The molecule has 0 aliphatic rings. The molecule has 45 heavy (non-hydrogen) atoms. The number of aromatic nitrogens is 5. The average Bonchev–Trinajstić information content (AvgIpc) is 3.66. The van der Waals surface area contributed by atoms with Crippen molar-refractivity contribution in [3.8, 4) is 0 Å². The van der Waals surface area contributed by atoms with Crippen LogP contribution in [0.1, 0.15) is 53.0 Å². The summed E-state index contributed by atoms with van der Waals surface area (Å²) in [6.45, 7) is 5.25. The van der Waals surface area contributed by atoms with E-state index in [-0.39, 0.29) is 12.3 Å². The van der Waals surface area contributed by atoms with Crippen LogP contribution < -0.4 is 10.6 Å².